The van der Waals surface area contributed by atoms with Crippen LogP contribution in [0, 0.1) is 0 Å². The van der Waals surface area contributed by atoms with Crippen LogP contribution in [0.3, 0.4) is 0 Å². The Balaban J connectivity index is 1.97. The highest BCUT2D eigenvalue weighted by Gasteiger charge is 2.45. The third-order valence-corrected chi connectivity index (χ3v) is 3.90. The van der Waals surface area contributed by atoms with E-state index in [1.54, 1.807) is 39.0 Å². The number of nitrogens with zero attached hydrogens (tertiary/aromatic N) is 1. The Bertz CT molecular complexity index is 528. The van der Waals surface area contributed by atoms with Crippen LogP contribution in [0.1, 0.15) is 26.3 Å². The van der Waals surface area contributed by atoms with Crippen molar-refractivity contribution >= 4 is 29.3 Å². The van der Waals surface area contributed by atoms with E-state index >= 15 is 0 Å². The van der Waals surface area contributed by atoms with E-state index in [1.165, 1.54) is 4.90 Å². The minimum absolute atomic E-state index is 0.212. The Morgan fingerprint density at radius 1 is 1.33 bits per heavy atom. The minimum Gasteiger partial charge on any atom is -0.444 e. The van der Waals surface area contributed by atoms with Crippen molar-refractivity contribution in [2.24, 2.45) is 0 Å². The zero-order valence-electron chi connectivity index (χ0n) is 12.3. The fraction of sp³-hybridized carbons (Fsp3) is 0.533. The molecule has 1 aromatic rings. The fourth-order valence-electron chi connectivity index (χ4n) is 2.26. The van der Waals surface area contributed by atoms with E-state index in [9.17, 15) is 9.90 Å². The number of hydrogen-bond acceptors (Lipinski definition) is 3. The Kier molecular flexibility index (Phi) is 4.43. The molecule has 0 aromatic heterocycles. The van der Waals surface area contributed by atoms with Gasteiger partial charge in [0.1, 0.15) is 11.2 Å². The molecule has 1 fully saturated rings. The van der Waals surface area contributed by atoms with Gasteiger partial charge in [0.05, 0.1) is 13.1 Å². The molecule has 0 aliphatic carbocycles. The van der Waals surface area contributed by atoms with E-state index in [2.05, 4.69) is 0 Å². The first-order valence-electron chi connectivity index (χ1n) is 6.73. The van der Waals surface area contributed by atoms with Crippen molar-refractivity contribution in [3.05, 3.63) is 33.8 Å². The number of benzene rings is 1. The van der Waals surface area contributed by atoms with Gasteiger partial charge in [-0.3, -0.25) is 0 Å². The first kappa shape index (κ1) is 16.4. The molecule has 0 spiro atoms. The molecule has 1 aromatic carbocycles. The molecule has 1 heterocycles. The molecule has 1 aliphatic rings. The second kappa shape index (κ2) is 5.67. The van der Waals surface area contributed by atoms with Crippen molar-refractivity contribution in [1.82, 2.24) is 4.90 Å². The van der Waals surface area contributed by atoms with E-state index < -0.39 is 17.3 Å². The van der Waals surface area contributed by atoms with Gasteiger partial charge in [-0.2, -0.15) is 0 Å². The SMILES string of the molecule is CC(C)(C)OC(=O)N1CC(O)(Cc2c(Cl)cccc2Cl)C1. The summed E-state index contributed by atoms with van der Waals surface area (Å²) in [6.07, 6.45) is -0.109. The standard InChI is InChI=1S/C15H19Cl2NO3/c1-14(2,3)21-13(19)18-8-15(20,9-18)7-10-11(16)5-4-6-12(10)17/h4-6,20H,7-9H2,1-3H3. The predicted octanol–water partition coefficient (Wildman–Crippen LogP) is 3.52. The Hall–Kier alpha value is -0.970. The van der Waals surface area contributed by atoms with Crippen molar-refractivity contribution in [2.45, 2.75) is 38.4 Å². The maximum atomic E-state index is 11.9. The van der Waals surface area contributed by atoms with Crippen LogP contribution in [-0.4, -0.2) is 40.4 Å². The second-order valence-electron chi connectivity index (χ2n) is 6.44. The summed E-state index contributed by atoms with van der Waals surface area (Å²) in [7, 11) is 0. The van der Waals surface area contributed by atoms with Crippen LogP contribution in [0.25, 0.3) is 0 Å². The lowest BCUT2D eigenvalue weighted by molar-refractivity contribution is -0.0973. The quantitative estimate of drug-likeness (QED) is 0.901. The molecule has 0 bridgehead atoms. The van der Waals surface area contributed by atoms with Gasteiger partial charge >= 0.3 is 6.09 Å². The van der Waals surface area contributed by atoms with Gasteiger partial charge in [-0.15, -0.1) is 0 Å². The lowest BCUT2D eigenvalue weighted by atomic mass is 9.87. The number of carbonyl (C=O) groups excluding carboxylic acids is 1. The smallest absolute Gasteiger partial charge is 0.410 e. The number of amides is 1. The number of halogens is 2. The van der Waals surface area contributed by atoms with Gasteiger partial charge in [0, 0.05) is 16.5 Å². The molecule has 1 amide bonds. The average Bonchev–Trinajstić information content (AvgIpc) is 2.28. The van der Waals surface area contributed by atoms with Gasteiger partial charge in [-0.1, -0.05) is 29.3 Å². The summed E-state index contributed by atoms with van der Waals surface area (Å²) in [5.41, 5.74) is -0.852. The number of carbonyl (C=O) groups is 1. The molecule has 6 heteroatoms. The summed E-state index contributed by atoms with van der Waals surface area (Å²) in [6, 6.07) is 5.22. The monoisotopic (exact) mass is 331 g/mol. The van der Waals surface area contributed by atoms with Gasteiger partial charge in [0.25, 0.3) is 0 Å². The molecule has 0 atom stereocenters. The van der Waals surface area contributed by atoms with Crippen LogP contribution in [0.4, 0.5) is 4.79 Å². The number of likely N-dealkylation sites (tertiary alicyclic amines) is 1. The van der Waals surface area contributed by atoms with Gasteiger partial charge in [0.2, 0.25) is 0 Å². The first-order chi connectivity index (χ1) is 9.60. The maximum Gasteiger partial charge on any atom is 0.410 e. The number of hydrogen-bond donors (Lipinski definition) is 1. The van der Waals surface area contributed by atoms with Crippen molar-refractivity contribution in [3.8, 4) is 0 Å². The van der Waals surface area contributed by atoms with Crippen molar-refractivity contribution in [2.75, 3.05) is 13.1 Å². The van der Waals surface area contributed by atoms with E-state index in [0.717, 1.165) is 0 Å². The molecule has 0 radical (unpaired) electrons. The molecule has 21 heavy (non-hydrogen) atoms. The Morgan fingerprint density at radius 3 is 2.33 bits per heavy atom. The van der Waals surface area contributed by atoms with E-state index in [1.807, 2.05) is 0 Å². The molecule has 116 valence electrons. The maximum absolute atomic E-state index is 11.9. The summed E-state index contributed by atoms with van der Waals surface area (Å²) >= 11 is 12.2. The van der Waals surface area contributed by atoms with E-state index in [-0.39, 0.29) is 13.1 Å². The fourth-order valence-corrected chi connectivity index (χ4v) is 2.79. The number of rotatable bonds is 2. The highest BCUT2D eigenvalue weighted by Crippen LogP contribution is 2.33. The summed E-state index contributed by atoms with van der Waals surface area (Å²) in [4.78, 5) is 13.3. The van der Waals surface area contributed by atoms with Crippen LogP contribution in [0.2, 0.25) is 10.0 Å². The molecular formula is C15H19Cl2NO3. The highest BCUT2D eigenvalue weighted by atomic mass is 35.5. The first-order valence-corrected chi connectivity index (χ1v) is 7.48. The number of aliphatic hydroxyl groups is 1. The molecule has 1 N–H and O–H groups in total. The molecule has 0 saturated carbocycles. The van der Waals surface area contributed by atoms with Crippen LogP contribution in [-0.2, 0) is 11.2 Å². The van der Waals surface area contributed by atoms with E-state index in [0.29, 0.717) is 22.0 Å². The van der Waals surface area contributed by atoms with Gasteiger partial charge in [-0.25, -0.2) is 4.79 Å². The predicted molar refractivity (Wildman–Crippen MR) is 82.9 cm³/mol. The second-order valence-corrected chi connectivity index (χ2v) is 7.25. The zero-order chi connectivity index (χ0) is 15.8. The molecular weight excluding hydrogens is 313 g/mol. The van der Waals surface area contributed by atoms with Gasteiger partial charge in [-0.05, 0) is 38.5 Å². The minimum atomic E-state index is -1.01. The topological polar surface area (TPSA) is 49.8 Å². The summed E-state index contributed by atoms with van der Waals surface area (Å²) in [5.74, 6) is 0. The zero-order valence-corrected chi connectivity index (χ0v) is 13.8. The van der Waals surface area contributed by atoms with Gasteiger partial charge in [0.15, 0.2) is 0 Å². The number of ether oxygens (including phenoxy) is 1. The largest absolute Gasteiger partial charge is 0.444 e. The number of β-amino-alcohol motifs (C(OH)–C–C–N with tert-alkyl or cyclic N) is 1. The van der Waals surface area contributed by atoms with Crippen molar-refractivity contribution in [3.63, 3.8) is 0 Å². The van der Waals surface area contributed by atoms with Gasteiger partial charge < -0.3 is 14.7 Å². The Labute approximate surface area is 134 Å². The average molecular weight is 332 g/mol. The van der Waals surface area contributed by atoms with Crippen LogP contribution in [0.15, 0.2) is 18.2 Å². The third-order valence-electron chi connectivity index (χ3n) is 3.19. The summed E-state index contributed by atoms with van der Waals surface area (Å²) < 4.78 is 5.26. The molecule has 1 saturated heterocycles. The highest BCUT2D eigenvalue weighted by molar-refractivity contribution is 6.36. The summed E-state index contributed by atoms with van der Waals surface area (Å²) in [5, 5.41) is 11.5. The molecule has 4 nitrogen and oxygen atoms in total. The van der Waals surface area contributed by atoms with Crippen molar-refractivity contribution in [1.29, 1.82) is 0 Å². The van der Waals surface area contributed by atoms with E-state index in [4.69, 9.17) is 27.9 Å². The summed E-state index contributed by atoms with van der Waals surface area (Å²) in [6.45, 7) is 5.84. The third kappa shape index (κ3) is 4.02. The van der Waals surface area contributed by atoms with Crippen LogP contribution >= 0.6 is 23.2 Å². The van der Waals surface area contributed by atoms with Crippen LogP contribution < -0.4 is 0 Å². The molecule has 1 aliphatic heterocycles. The normalized spacial score (nSPS) is 17.3. The Morgan fingerprint density at radius 2 is 1.86 bits per heavy atom. The van der Waals surface area contributed by atoms with Crippen LogP contribution in [0.5, 0.6) is 0 Å². The molecule has 0 unspecified atom stereocenters. The lowest BCUT2D eigenvalue weighted by Crippen LogP contribution is -2.65. The molecule has 2 rings (SSSR count). The van der Waals surface area contributed by atoms with Crippen molar-refractivity contribution < 1.29 is 14.6 Å². The lowest BCUT2D eigenvalue weighted by Gasteiger charge is -2.46.